The Balaban J connectivity index is 1.71. The molecule has 0 saturated heterocycles. The van der Waals surface area contributed by atoms with Crippen molar-refractivity contribution in [3.63, 3.8) is 0 Å². The Morgan fingerprint density at radius 3 is 2.31 bits per heavy atom. The molecule has 1 aliphatic rings. The zero-order chi connectivity index (χ0) is 19.2. The second-order valence-electron chi connectivity index (χ2n) is 7.78. The molecule has 26 heavy (non-hydrogen) atoms. The van der Waals surface area contributed by atoms with Gasteiger partial charge in [0, 0.05) is 11.6 Å². The van der Waals surface area contributed by atoms with Crippen LogP contribution in [0.4, 0.5) is 4.79 Å². The highest BCUT2D eigenvalue weighted by Crippen LogP contribution is 2.30. The summed E-state index contributed by atoms with van der Waals surface area (Å²) in [5.41, 5.74) is 0.978. The number of benzene rings is 1. The van der Waals surface area contributed by atoms with Gasteiger partial charge in [-0.1, -0.05) is 36.9 Å². The molecule has 1 aromatic carbocycles. The third kappa shape index (κ3) is 6.54. The zero-order valence-corrected chi connectivity index (χ0v) is 15.9. The van der Waals surface area contributed by atoms with Gasteiger partial charge in [-0.25, -0.2) is 9.59 Å². The van der Waals surface area contributed by atoms with Crippen LogP contribution in [0.15, 0.2) is 42.5 Å². The van der Waals surface area contributed by atoms with Gasteiger partial charge in [0.15, 0.2) is 0 Å². The van der Waals surface area contributed by atoms with Gasteiger partial charge in [-0.3, -0.25) is 0 Å². The third-order valence-electron chi connectivity index (χ3n) is 4.42. The van der Waals surface area contributed by atoms with Crippen LogP contribution in [0.1, 0.15) is 52.0 Å². The molecule has 142 valence electrons. The minimum Gasteiger partial charge on any atom is -0.457 e. The molecule has 1 aliphatic carbocycles. The van der Waals surface area contributed by atoms with Crippen molar-refractivity contribution in [2.45, 2.75) is 64.7 Å². The van der Waals surface area contributed by atoms with Crippen LogP contribution >= 0.6 is 0 Å². The first-order valence-electron chi connectivity index (χ1n) is 9.14. The summed E-state index contributed by atoms with van der Waals surface area (Å²) >= 11 is 0. The van der Waals surface area contributed by atoms with Crippen LogP contribution < -0.4 is 5.32 Å². The first kappa shape index (κ1) is 20.0. The lowest BCUT2D eigenvalue weighted by atomic mass is 9.82. The standard InChI is InChI=1S/C21H29NO4/c1-15(19(23)26-21(2,3)4)17-10-12-18(13-11-17)22-20(24)25-14-16-8-6-5-7-9-16/h5-9,17-18H,1,10-14H2,2-4H3,(H,22,24). The largest absolute Gasteiger partial charge is 0.457 e. The van der Waals surface area contributed by atoms with Crippen molar-refractivity contribution in [1.29, 1.82) is 0 Å². The molecule has 0 unspecified atom stereocenters. The summed E-state index contributed by atoms with van der Waals surface area (Å²) < 4.78 is 10.6. The topological polar surface area (TPSA) is 64.6 Å². The van der Waals surface area contributed by atoms with E-state index in [1.807, 2.05) is 51.1 Å². The average molecular weight is 359 g/mol. The van der Waals surface area contributed by atoms with Crippen molar-refractivity contribution in [1.82, 2.24) is 5.32 Å². The van der Waals surface area contributed by atoms with Crippen LogP contribution in [0, 0.1) is 5.92 Å². The van der Waals surface area contributed by atoms with E-state index in [4.69, 9.17) is 9.47 Å². The van der Waals surface area contributed by atoms with E-state index in [2.05, 4.69) is 11.9 Å². The maximum absolute atomic E-state index is 12.1. The Labute approximate surface area is 155 Å². The minimum absolute atomic E-state index is 0.0703. The summed E-state index contributed by atoms with van der Waals surface area (Å²) in [6, 6.07) is 9.65. The van der Waals surface area contributed by atoms with Gasteiger partial charge in [-0.2, -0.15) is 0 Å². The molecule has 1 amide bonds. The normalized spacial score (nSPS) is 20.1. The molecule has 1 fully saturated rings. The molecule has 0 atom stereocenters. The van der Waals surface area contributed by atoms with E-state index in [1.165, 1.54) is 0 Å². The lowest BCUT2D eigenvalue weighted by Crippen LogP contribution is -2.38. The van der Waals surface area contributed by atoms with Crippen LogP contribution in [-0.2, 0) is 20.9 Å². The lowest BCUT2D eigenvalue weighted by Gasteiger charge is -2.30. The summed E-state index contributed by atoms with van der Waals surface area (Å²) in [6.45, 7) is 9.73. The number of nitrogens with one attached hydrogen (secondary N) is 1. The van der Waals surface area contributed by atoms with Crippen LogP contribution in [0.3, 0.4) is 0 Å². The number of carbonyl (C=O) groups is 2. The second kappa shape index (κ2) is 8.88. The fourth-order valence-corrected chi connectivity index (χ4v) is 3.03. The smallest absolute Gasteiger partial charge is 0.407 e. The molecule has 1 N–H and O–H groups in total. The van der Waals surface area contributed by atoms with E-state index in [0.29, 0.717) is 5.57 Å². The van der Waals surface area contributed by atoms with E-state index >= 15 is 0 Å². The van der Waals surface area contributed by atoms with Crippen molar-refractivity contribution in [2.75, 3.05) is 0 Å². The summed E-state index contributed by atoms with van der Waals surface area (Å²) in [7, 11) is 0. The quantitative estimate of drug-likeness (QED) is 0.626. The highest BCUT2D eigenvalue weighted by Gasteiger charge is 2.29. The van der Waals surface area contributed by atoms with E-state index in [-0.39, 0.29) is 24.5 Å². The number of carbonyl (C=O) groups excluding carboxylic acids is 2. The third-order valence-corrected chi connectivity index (χ3v) is 4.42. The van der Waals surface area contributed by atoms with Gasteiger partial charge in [0.1, 0.15) is 12.2 Å². The number of hydrogen-bond acceptors (Lipinski definition) is 4. The Hall–Kier alpha value is -2.30. The van der Waals surface area contributed by atoms with Crippen molar-refractivity contribution in [3.8, 4) is 0 Å². The fourth-order valence-electron chi connectivity index (χ4n) is 3.03. The van der Waals surface area contributed by atoms with Crippen LogP contribution in [0.25, 0.3) is 0 Å². The Morgan fingerprint density at radius 1 is 1.12 bits per heavy atom. The van der Waals surface area contributed by atoms with Gasteiger partial charge in [-0.05, 0) is 57.9 Å². The molecule has 1 saturated carbocycles. The number of alkyl carbamates (subject to hydrolysis) is 1. The molecule has 5 heteroatoms. The van der Waals surface area contributed by atoms with Crippen molar-refractivity contribution >= 4 is 12.1 Å². The van der Waals surface area contributed by atoms with E-state index in [9.17, 15) is 9.59 Å². The molecule has 0 radical (unpaired) electrons. The van der Waals surface area contributed by atoms with Crippen molar-refractivity contribution in [3.05, 3.63) is 48.0 Å². The predicted octanol–water partition coefficient (Wildman–Crippen LogP) is 4.37. The summed E-state index contributed by atoms with van der Waals surface area (Å²) in [6.07, 6.45) is 2.81. The fraction of sp³-hybridized carbons (Fsp3) is 0.524. The molecule has 0 aromatic heterocycles. The first-order valence-corrected chi connectivity index (χ1v) is 9.14. The van der Waals surface area contributed by atoms with E-state index in [0.717, 1.165) is 31.2 Å². The monoisotopic (exact) mass is 359 g/mol. The maximum Gasteiger partial charge on any atom is 0.407 e. The molecular weight excluding hydrogens is 330 g/mol. The van der Waals surface area contributed by atoms with Crippen LogP contribution in [0.5, 0.6) is 0 Å². The minimum atomic E-state index is -0.513. The molecule has 5 nitrogen and oxygen atoms in total. The van der Waals surface area contributed by atoms with E-state index in [1.54, 1.807) is 0 Å². The Bertz CT molecular complexity index is 625. The van der Waals surface area contributed by atoms with Gasteiger partial charge >= 0.3 is 12.1 Å². The van der Waals surface area contributed by atoms with Gasteiger partial charge in [0.05, 0.1) is 0 Å². The van der Waals surface area contributed by atoms with Gasteiger partial charge in [-0.15, -0.1) is 0 Å². The number of rotatable bonds is 5. The summed E-state index contributed by atoms with van der Waals surface area (Å²) in [5, 5.41) is 2.91. The molecule has 1 aromatic rings. The number of hydrogen-bond donors (Lipinski definition) is 1. The number of esters is 1. The second-order valence-corrected chi connectivity index (χ2v) is 7.78. The van der Waals surface area contributed by atoms with Gasteiger partial charge in [0.25, 0.3) is 0 Å². The number of amides is 1. The highest BCUT2D eigenvalue weighted by atomic mass is 16.6. The summed E-state index contributed by atoms with van der Waals surface area (Å²) in [4.78, 5) is 24.1. The predicted molar refractivity (Wildman–Crippen MR) is 100 cm³/mol. The first-order chi connectivity index (χ1) is 12.2. The average Bonchev–Trinajstić information content (AvgIpc) is 2.59. The van der Waals surface area contributed by atoms with E-state index < -0.39 is 11.7 Å². The lowest BCUT2D eigenvalue weighted by molar-refractivity contribution is -0.150. The van der Waals surface area contributed by atoms with Gasteiger partial charge in [0.2, 0.25) is 0 Å². The van der Waals surface area contributed by atoms with Crippen molar-refractivity contribution < 1.29 is 19.1 Å². The molecule has 0 aliphatic heterocycles. The van der Waals surface area contributed by atoms with Crippen LogP contribution in [-0.4, -0.2) is 23.7 Å². The molecule has 0 heterocycles. The Kier molecular flexibility index (Phi) is 6.83. The number of ether oxygens (including phenoxy) is 2. The SMILES string of the molecule is C=C(C(=O)OC(C)(C)C)C1CCC(NC(=O)OCc2ccccc2)CC1. The van der Waals surface area contributed by atoms with Crippen LogP contribution in [0.2, 0.25) is 0 Å². The summed E-state index contributed by atoms with van der Waals surface area (Å²) in [5.74, 6) is -0.209. The molecule has 0 spiro atoms. The molecule has 0 bridgehead atoms. The zero-order valence-electron chi connectivity index (χ0n) is 15.9. The highest BCUT2D eigenvalue weighted by molar-refractivity contribution is 5.88. The Morgan fingerprint density at radius 2 is 1.73 bits per heavy atom. The van der Waals surface area contributed by atoms with Gasteiger partial charge < -0.3 is 14.8 Å². The molecular formula is C21H29NO4. The van der Waals surface area contributed by atoms with Crippen molar-refractivity contribution in [2.24, 2.45) is 5.92 Å². The molecule has 2 rings (SSSR count). The maximum atomic E-state index is 12.1.